The molecule has 0 saturated carbocycles. The van der Waals surface area contributed by atoms with Gasteiger partial charge in [-0.1, -0.05) is 60.1 Å². The van der Waals surface area contributed by atoms with E-state index in [0.717, 1.165) is 33.0 Å². The molecule has 5 rings (SSSR count). The topological polar surface area (TPSA) is 55.8 Å². The van der Waals surface area contributed by atoms with Gasteiger partial charge in [0.1, 0.15) is 12.4 Å². The Morgan fingerprint density at radius 3 is 2.59 bits per heavy atom. The lowest BCUT2D eigenvalue weighted by Gasteiger charge is -2.16. The number of fused-ring (bicyclic) bond motifs is 1. The van der Waals surface area contributed by atoms with Crippen LogP contribution in [0.25, 0.3) is 16.8 Å². The van der Waals surface area contributed by atoms with Crippen molar-refractivity contribution in [3.05, 3.63) is 110 Å². The number of hydrogen-bond donors (Lipinski definition) is 0. The fraction of sp³-hybridized carbons (Fsp3) is 0.133. The highest BCUT2D eigenvalue weighted by molar-refractivity contribution is 9.10. The second-order valence-corrected chi connectivity index (χ2v) is 10.9. The first-order valence-electron chi connectivity index (χ1n) is 12.1. The van der Waals surface area contributed by atoms with E-state index >= 15 is 0 Å². The van der Waals surface area contributed by atoms with Gasteiger partial charge in [-0.05, 0) is 86.9 Å². The van der Waals surface area contributed by atoms with Crippen LogP contribution in [0.3, 0.4) is 0 Å². The first kappa shape index (κ1) is 27.2. The van der Waals surface area contributed by atoms with Gasteiger partial charge in [0, 0.05) is 10.6 Å². The van der Waals surface area contributed by atoms with Crippen LogP contribution in [-0.2, 0) is 17.9 Å². The Labute approximate surface area is 242 Å². The lowest BCUT2D eigenvalue weighted by Crippen LogP contribution is -2.28. The summed E-state index contributed by atoms with van der Waals surface area (Å²) in [7, 11) is 0. The van der Waals surface area contributed by atoms with E-state index in [1.807, 2.05) is 31.2 Å². The number of hydrogen-bond acceptors (Lipinski definition) is 5. The van der Waals surface area contributed by atoms with Gasteiger partial charge in [0.05, 0.1) is 22.5 Å². The van der Waals surface area contributed by atoms with Gasteiger partial charge in [0.2, 0.25) is 0 Å². The fourth-order valence-electron chi connectivity index (χ4n) is 4.27. The number of carbonyl (C=O) groups is 2. The molecule has 1 heterocycles. The molecule has 4 aromatic carbocycles. The van der Waals surface area contributed by atoms with Crippen LogP contribution >= 0.6 is 39.3 Å². The average molecular weight is 627 g/mol. The van der Waals surface area contributed by atoms with E-state index in [1.165, 1.54) is 18.2 Å². The predicted molar refractivity (Wildman–Crippen MR) is 157 cm³/mol. The smallest absolute Gasteiger partial charge is 0.293 e. The first-order chi connectivity index (χ1) is 18.9. The number of imide groups is 1. The summed E-state index contributed by atoms with van der Waals surface area (Å²) in [6, 6.07) is 22.0. The zero-order valence-electron chi connectivity index (χ0n) is 20.7. The monoisotopic (exact) mass is 625 g/mol. The molecule has 5 nitrogen and oxygen atoms in total. The molecular formula is C30H22BrClFNO4S. The molecule has 0 atom stereocenters. The highest BCUT2D eigenvalue weighted by Crippen LogP contribution is 2.40. The third-order valence-electron chi connectivity index (χ3n) is 6.13. The summed E-state index contributed by atoms with van der Waals surface area (Å²) >= 11 is 10.5. The van der Waals surface area contributed by atoms with Gasteiger partial charge in [-0.15, -0.1) is 0 Å². The Bertz CT molecular complexity index is 1600. The standard InChI is InChI=1S/C30H22BrClFNO4S/c1-2-37-26-14-18(13-23(31)28(26)38-17-20-9-5-8-19-7-3-4-10-21(19)20)15-27-29(35)34(30(36)39-27)16-22-24(32)11-6-12-25(22)33/h3-15H,2,16-17H2,1H3. The number of amides is 2. The molecule has 0 aliphatic carbocycles. The number of benzene rings is 4. The molecule has 0 N–H and O–H groups in total. The lowest BCUT2D eigenvalue weighted by molar-refractivity contribution is -0.123. The number of nitrogens with zero attached hydrogens (tertiary/aromatic N) is 1. The molecule has 1 aliphatic rings. The zero-order valence-corrected chi connectivity index (χ0v) is 23.9. The van der Waals surface area contributed by atoms with Crippen molar-refractivity contribution in [3.63, 3.8) is 0 Å². The van der Waals surface area contributed by atoms with Gasteiger partial charge in [0.25, 0.3) is 11.1 Å². The van der Waals surface area contributed by atoms with Crippen LogP contribution in [0, 0.1) is 5.82 Å². The Morgan fingerprint density at radius 2 is 1.79 bits per heavy atom. The lowest BCUT2D eigenvalue weighted by atomic mass is 10.1. The quantitative estimate of drug-likeness (QED) is 0.183. The number of carbonyl (C=O) groups excluding carboxylic acids is 2. The van der Waals surface area contributed by atoms with Crippen LogP contribution < -0.4 is 9.47 Å². The molecule has 4 aromatic rings. The zero-order chi connectivity index (χ0) is 27.5. The van der Waals surface area contributed by atoms with Crippen molar-refractivity contribution in [2.45, 2.75) is 20.1 Å². The Balaban J connectivity index is 1.39. The van der Waals surface area contributed by atoms with E-state index in [0.29, 0.717) is 34.7 Å². The van der Waals surface area contributed by atoms with Gasteiger partial charge in [-0.25, -0.2) is 4.39 Å². The Kier molecular flexibility index (Phi) is 8.26. The highest BCUT2D eigenvalue weighted by Gasteiger charge is 2.36. The molecule has 1 aliphatic heterocycles. The summed E-state index contributed by atoms with van der Waals surface area (Å²) in [6.07, 6.45) is 1.61. The molecule has 0 unspecified atom stereocenters. The van der Waals surface area contributed by atoms with E-state index in [2.05, 4.69) is 34.1 Å². The minimum atomic E-state index is -0.574. The maximum Gasteiger partial charge on any atom is 0.293 e. The molecule has 39 heavy (non-hydrogen) atoms. The maximum absolute atomic E-state index is 14.3. The van der Waals surface area contributed by atoms with E-state index in [-0.39, 0.29) is 22.0 Å². The van der Waals surface area contributed by atoms with Crippen molar-refractivity contribution < 1.29 is 23.5 Å². The van der Waals surface area contributed by atoms with Crippen molar-refractivity contribution in [2.24, 2.45) is 0 Å². The molecule has 1 saturated heterocycles. The Hall–Kier alpha value is -3.33. The summed E-state index contributed by atoms with van der Waals surface area (Å²) in [6.45, 7) is 2.36. The van der Waals surface area contributed by atoms with Gasteiger partial charge in [0.15, 0.2) is 11.5 Å². The molecule has 9 heteroatoms. The van der Waals surface area contributed by atoms with Crippen LogP contribution in [0.5, 0.6) is 11.5 Å². The second kappa shape index (κ2) is 11.8. The molecule has 198 valence electrons. The van der Waals surface area contributed by atoms with E-state index in [9.17, 15) is 14.0 Å². The third kappa shape index (κ3) is 5.83. The van der Waals surface area contributed by atoms with Crippen LogP contribution in [-0.4, -0.2) is 22.7 Å². The second-order valence-electron chi connectivity index (χ2n) is 8.66. The summed E-state index contributed by atoms with van der Waals surface area (Å²) in [5.41, 5.74) is 1.77. The summed E-state index contributed by atoms with van der Waals surface area (Å²) in [5.74, 6) is -0.0652. The average Bonchev–Trinajstić information content (AvgIpc) is 3.17. The molecule has 0 spiro atoms. The van der Waals surface area contributed by atoms with Gasteiger partial charge in [-0.3, -0.25) is 14.5 Å². The van der Waals surface area contributed by atoms with Crippen molar-refractivity contribution in [2.75, 3.05) is 6.61 Å². The van der Waals surface area contributed by atoms with Crippen LogP contribution in [0.1, 0.15) is 23.6 Å². The number of rotatable bonds is 8. The van der Waals surface area contributed by atoms with E-state index in [4.69, 9.17) is 21.1 Å². The molecule has 0 radical (unpaired) electrons. The van der Waals surface area contributed by atoms with Crippen LogP contribution in [0.15, 0.2) is 82.2 Å². The van der Waals surface area contributed by atoms with Crippen molar-refractivity contribution >= 4 is 67.3 Å². The van der Waals surface area contributed by atoms with Crippen molar-refractivity contribution in [1.29, 1.82) is 0 Å². The van der Waals surface area contributed by atoms with Crippen LogP contribution in [0.4, 0.5) is 9.18 Å². The van der Waals surface area contributed by atoms with Gasteiger partial charge in [-0.2, -0.15) is 0 Å². The number of ether oxygens (including phenoxy) is 2. The SMILES string of the molecule is CCOc1cc(C=C2SC(=O)N(Cc3c(F)cccc3Cl)C2=O)cc(Br)c1OCc1cccc2ccccc12. The Morgan fingerprint density at radius 1 is 1.03 bits per heavy atom. The fourth-order valence-corrected chi connectivity index (χ4v) is 5.91. The third-order valence-corrected chi connectivity index (χ3v) is 7.98. The minimum absolute atomic E-state index is 0.0942. The minimum Gasteiger partial charge on any atom is -0.490 e. The van der Waals surface area contributed by atoms with E-state index < -0.39 is 17.0 Å². The highest BCUT2D eigenvalue weighted by atomic mass is 79.9. The summed E-state index contributed by atoms with van der Waals surface area (Å²) < 4.78 is 27.0. The predicted octanol–water partition coefficient (Wildman–Crippen LogP) is 8.61. The van der Waals surface area contributed by atoms with E-state index in [1.54, 1.807) is 18.2 Å². The van der Waals surface area contributed by atoms with Gasteiger partial charge >= 0.3 is 0 Å². The molecule has 0 bridgehead atoms. The van der Waals surface area contributed by atoms with Crippen molar-refractivity contribution in [3.8, 4) is 11.5 Å². The maximum atomic E-state index is 14.3. The molecule has 0 aromatic heterocycles. The summed E-state index contributed by atoms with van der Waals surface area (Å²) in [5, 5.41) is 1.90. The molecular weight excluding hydrogens is 605 g/mol. The number of halogens is 3. The molecule has 2 amide bonds. The molecule has 1 fully saturated rings. The summed E-state index contributed by atoms with van der Waals surface area (Å²) in [4.78, 5) is 26.9. The normalized spacial score (nSPS) is 14.5. The number of thioether (sulfide) groups is 1. The first-order valence-corrected chi connectivity index (χ1v) is 14.1. The largest absolute Gasteiger partial charge is 0.490 e. The van der Waals surface area contributed by atoms with Crippen LogP contribution in [0.2, 0.25) is 5.02 Å². The van der Waals surface area contributed by atoms with Crippen molar-refractivity contribution in [1.82, 2.24) is 4.90 Å². The van der Waals surface area contributed by atoms with Gasteiger partial charge < -0.3 is 9.47 Å².